The summed E-state index contributed by atoms with van der Waals surface area (Å²) in [6.07, 6.45) is 0. The number of benzene rings is 5. The molecule has 28 nitrogen and oxygen atoms in total. The zero-order valence-corrected chi connectivity index (χ0v) is 60.4. The predicted octanol–water partition coefficient (Wildman–Crippen LogP) is 10.6. The molecule has 12 N–H and O–H groups in total. The second kappa shape index (κ2) is 30.3. The minimum absolute atomic E-state index is 0. The first-order valence-electron chi connectivity index (χ1n) is 29.1. The van der Waals surface area contributed by atoms with Crippen molar-refractivity contribution in [2.24, 2.45) is 20.6 Å². The highest BCUT2D eigenvalue weighted by molar-refractivity contribution is 7.90. The third-order valence-corrected chi connectivity index (χ3v) is 19.5. The van der Waals surface area contributed by atoms with Gasteiger partial charge in [-0.3, -0.25) is 19.2 Å². The third-order valence-electron chi connectivity index (χ3n) is 13.0. The van der Waals surface area contributed by atoms with E-state index in [0.29, 0.717) is 57.3 Å². The fourth-order valence-electron chi connectivity index (χ4n) is 7.92. The maximum atomic E-state index is 12.9. The van der Waals surface area contributed by atoms with E-state index in [4.69, 9.17) is 25.0 Å². The lowest BCUT2D eigenvalue weighted by atomic mass is 9.96. The van der Waals surface area contributed by atoms with E-state index >= 15 is 0 Å². The van der Waals surface area contributed by atoms with Crippen LogP contribution in [0.15, 0.2) is 151 Å². The third kappa shape index (κ3) is 22.4. The summed E-state index contributed by atoms with van der Waals surface area (Å²) in [4.78, 5) is 63.1. The van der Waals surface area contributed by atoms with Gasteiger partial charge in [0, 0.05) is 53.0 Å². The predicted molar refractivity (Wildman–Crippen MR) is 384 cm³/mol. The molecule has 5 aromatic carbocycles. The molecule has 34 heteroatoms. The van der Waals surface area contributed by atoms with Gasteiger partial charge in [0.2, 0.25) is 56.8 Å². The number of nitrogens with one attached hydrogen (secondary N) is 4. The Morgan fingerprint density at radius 1 is 0.474 bits per heavy atom. The van der Waals surface area contributed by atoms with Crippen LogP contribution >= 0.6 is 22.7 Å². The molecule has 530 valence electrons. The molecule has 4 heterocycles. The monoisotopic (exact) mass is 1460 g/mol. The van der Waals surface area contributed by atoms with Crippen LogP contribution in [0.25, 0.3) is 0 Å². The van der Waals surface area contributed by atoms with Crippen molar-refractivity contribution in [3.8, 4) is 0 Å². The van der Waals surface area contributed by atoms with Gasteiger partial charge in [0.1, 0.15) is 15.6 Å². The van der Waals surface area contributed by atoms with Gasteiger partial charge >= 0.3 is 0 Å². The van der Waals surface area contributed by atoms with Gasteiger partial charge in [-0.2, -0.15) is 5.10 Å². The van der Waals surface area contributed by atoms with E-state index in [1.807, 2.05) is 113 Å². The van der Waals surface area contributed by atoms with Crippen molar-refractivity contribution in [3.05, 3.63) is 188 Å². The molecule has 0 aliphatic heterocycles. The van der Waals surface area contributed by atoms with Crippen molar-refractivity contribution in [1.82, 2.24) is 34.9 Å². The second-order valence-corrected chi connectivity index (χ2v) is 34.0. The average molecular weight is 1460 g/mol. The number of thiazole rings is 1. The molecular weight excluding hydrogens is 1370 g/mol. The average Bonchev–Trinajstić information content (AvgIpc) is 1.66. The molecule has 0 fully saturated rings. The first-order valence-corrected chi connectivity index (χ1v) is 37.0. The highest BCUT2D eigenvalue weighted by atomic mass is 32.2. The fourth-order valence-corrected chi connectivity index (χ4v) is 12.0. The van der Waals surface area contributed by atoms with Gasteiger partial charge in [-0.25, -0.2) is 73.9 Å². The molecule has 9 rings (SSSR count). The Kier molecular flexibility index (Phi) is 24.1. The molecule has 0 bridgehead atoms. The van der Waals surface area contributed by atoms with E-state index < -0.39 is 57.8 Å². The summed E-state index contributed by atoms with van der Waals surface area (Å²) in [5, 5.41) is 45.2. The Bertz CT molecular complexity index is 4740. The van der Waals surface area contributed by atoms with E-state index in [9.17, 15) is 52.8 Å². The Hall–Kier alpha value is -8.84. The van der Waals surface area contributed by atoms with Gasteiger partial charge in [0.15, 0.2) is 11.5 Å². The maximum absolute atomic E-state index is 12.9. The number of hydrogen-bond acceptors (Lipinski definition) is 21. The minimum Gasteiger partial charge on any atom is -0.445 e. The molecule has 0 atom stereocenters. The highest BCUT2D eigenvalue weighted by Gasteiger charge is 2.29. The number of oxazole rings is 1. The summed E-state index contributed by atoms with van der Waals surface area (Å²) in [5.74, 6) is -0.199. The van der Waals surface area contributed by atoms with Crippen LogP contribution in [0.3, 0.4) is 0 Å². The van der Waals surface area contributed by atoms with Crippen molar-refractivity contribution in [1.29, 1.82) is 0 Å². The number of amides is 4. The van der Waals surface area contributed by atoms with Crippen molar-refractivity contribution in [2.75, 3.05) is 21.3 Å². The summed E-state index contributed by atoms with van der Waals surface area (Å²) in [5.41, 5.74) is 2.09. The van der Waals surface area contributed by atoms with Gasteiger partial charge in [0.25, 0.3) is 23.6 Å². The second-order valence-electron chi connectivity index (χ2n) is 25.8. The normalized spacial score (nSPS) is 12.1. The number of anilines is 4. The Morgan fingerprint density at radius 3 is 1.26 bits per heavy atom. The lowest BCUT2D eigenvalue weighted by molar-refractivity contribution is 0.100. The molecule has 0 aliphatic rings. The van der Waals surface area contributed by atoms with Crippen LogP contribution in [0.2, 0.25) is 0 Å². The largest absolute Gasteiger partial charge is 0.445 e. The van der Waals surface area contributed by atoms with Crippen LogP contribution in [0.4, 0.5) is 22.7 Å². The maximum Gasteiger partial charge on any atom is 0.293 e. The molecule has 0 aliphatic carbocycles. The Balaban J connectivity index is 0.00000133. The minimum atomic E-state index is -3.87. The summed E-state index contributed by atoms with van der Waals surface area (Å²) in [6.45, 7) is 27.5. The smallest absolute Gasteiger partial charge is 0.293 e. The van der Waals surface area contributed by atoms with Crippen molar-refractivity contribution in [3.63, 3.8) is 0 Å². The zero-order valence-electron chi connectivity index (χ0n) is 55.5. The summed E-state index contributed by atoms with van der Waals surface area (Å²) in [6, 6.07) is 32.6. The van der Waals surface area contributed by atoms with Crippen LogP contribution in [0.5, 0.6) is 0 Å². The molecule has 0 saturated heterocycles. The SMILES string of the molecule is CC(C)(C)c1nc(C(=O)Nc2cccc(S(N)(=O)=O)c2)n(Cc2ccccc2)n1.CC(C)(C)c1nnc(C(=O)Nc2cccc(S(N)(=O)=O)c2)s1.Cc1nc(C(C)(C)C)sc1C(=O)Nc1cccc(S(N)(=O)=O)c1.Cc1oc(C(C)(C)C)nc1C(=O)Nc1cccc(S(N)(=O)=O)c1.[HH].[HH].[HH].[HH].[HH].[HH]. The van der Waals surface area contributed by atoms with Gasteiger partial charge in [-0.05, 0) is 92.2 Å². The summed E-state index contributed by atoms with van der Waals surface area (Å²) < 4.78 is 98.2. The lowest BCUT2D eigenvalue weighted by Crippen LogP contribution is -2.20. The van der Waals surface area contributed by atoms with Crippen LogP contribution in [0, 0.1) is 13.8 Å². The number of nitrogens with zero attached hydrogens (tertiary/aromatic N) is 7. The molecular formula is C63H89N15O13S6. The molecule has 0 spiro atoms. The number of aromatic nitrogens is 7. The number of hydrogen-bond donors (Lipinski definition) is 8. The number of rotatable bonds is 14. The topological polar surface area (TPSA) is 452 Å². The van der Waals surface area contributed by atoms with Gasteiger partial charge < -0.3 is 25.7 Å². The van der Waals surface area contributed by atoms with Crippen molar-refractivity contribution >= 4 is 109 Å². The van der Waals surface area contributed by atoms with Crippen molar-refractivity contribution < 1.29 is 65.8 Å². The number of aryl methyl sites for hydroxylation is 2. The Labute approximate surface area is 580 Å². The van der Waals surface area contributed by atoms with E-state index in [1.54, 1.807) is 42.8 Å². The lowest BCUT2D eigenvalue weighted by Gasteiger charge is -2.13. The molecule has 97 heavy (non-hydrogen) atoms. The highest BCUT2D eigenvalue weighted by Crippen LogP contribution is 2.31. The Morgan fingerprint density at radius 2 is 0.887 bits per heavy atom. The van der Waals surface area contributed by atoms with Gasteiger partial charge in [-0.1, -0.05) is 149 Å². The van der Waals surface area contributed by atoms with E-state index in [-0.39, 0.29) is 72.2 Å². The summed E-state index contributed by atoms with van der Waals surface area (Å²) in [7, 11) is -15.3. The number of primary sulfonamides is 4. The van der Waals surface area contributed by atoms with E-state index in [1.165, 1.54) is 95.5 Å². The first kappa shape index (κ1) is 77.2. The molecule has 0 radical (unpaired) electrons. The zero-order chi connectivity index (χ0) is 72.6. The van der Waals surface area contributed by atoms with Crippen LogP contribution in [-0.4, -0.2) is 92.2 Å². The quantitative estimate of drug-likeness (QED) is 0.0501. The number of nitrogens with two attached hydrogens (primary N) is 4. The number of carbonyl (C=O) groups is 4. The summed E-state index contributed by atoms with van der Waals surface area (Å²) >= 11 is 2.54. The van der Waals surface area contributed by atoms with Crippen LogP contribution < -0.4 is 41.8 Å². The fraction of sp³-hybridized carbons (Fsp3) is 0.302. The van der Waals surface area contributed by atoms with Crippen LogP contribution in [0.1, 0.15) is 171 Å². The number of sulfonamides is 4. The van der Waals surface area contributed by atoms with Gasteiger partial charge in [0.05, 0.1) is 36.8 Å². The standard InChI is InChI=1S/C20H23N5O3S.C15H19N3O4S.C15H19N3O3S2.C13H16N4O3S2.6H2/c1-20(2,3)19-23-17(25(24-19)13-14-8-5-4-6-9-14)18(26)22-15-10-7-11-16(12-15)29(21,27)28;1-9-12(18-14(22-9)15(2,3)4)13(19)17-10-6-5-7-11(8-10)23(16,20)21;1-9-12(22-14(17-9)15(2,3)4)13(19)18-10-6-5-7-11(8-10)23(16,20)21;1-13(2,3)12-17-16-11(21-12)10(18)15-8-5-4-6-9(7-8)22(14,19)20;;;;;;/h4-12H,13H2,1-3H3,(H,22,26)(H2,21,27,28);5-8H,1-4H3,(H,17,19)(H2,16,20,21);5-8H,1-4H3,(H,18,19)(H2,16,20,21);4-7H,1-3H3,(H,15,18)(H2,14,19,20);6*1H. The van der Waals surface area contributed by atoms with E-state index in [2.05, 4.69) is 51.5 Å². The number of carbonyl (C=O) groups excluding carboxylic acids is 4. The molecule has 4 amide bonds. The molecule has 4 aromatic heterocycles. The van der Waals surface area contributed by atoms with Crippen molar-refractivity contribution in [2.45, 2.75) is 145 Å². The first-order chi connectivity index (χ1) is 44.6. The molecule has 9 aromatic rings. The van der Waals surface area contributed by atoms with E-state index in [0.717, 1.165) is 15.6 Å². The molecule has 0 saturated carbocycles. The van der Waals surface area contributed by atoms with Gasteiger partial charge in [-0.15, -0.1) is 21.5 Å². The van der Waals surface area contributed by atoms with Crippen LogP contribution in [-0.2, 0) is 68.3 Å². The molecule has 0 unspecified atom stereocenters.